The minimum atomic E-state index is -4.39. The molecule has 0 radical (unpaired) electrons. The monoisotopic (exact) mass is 822 g/mol. The fourth-order valence-corrected chi connectivity index (χ4v) is 6.80. The van der Waals surface area contributed by atoms with Crippen LogP contribution in [0.1, 0.15) is 194 Å². The second-order valence-electron chi connectivity index (χ2n) is 14.9. The van der Waals surface area contributed by atoms with Crippen LogP contribution >= 0.6 is 7.82 Å². The lowest BCUT2D eigenvalue weighted by molar-refractivity contribution is -0.161. The van der Waals surface area contributed by atoms with Crippen molar-refractivity contribution in [2.24, 2.45) is 5.73 Å². The van der Waals surface area contributed by atoms with Crippen LogP contribution in [0.2, 0.25) is 0 Å². The molecule has 0 aromatic rings. The maximum atomic E-state index is 12.6. The number of rotatable bonds is 42. The smallest absolute Gasteiger partial charge is 0.462 e. The number of carbonyl (C=O) groups excluding carboxylic acids is 2. The summed E-state index contributed by atoms with van der Waals surface area (Å²) in [6, 6.07) is 0. The molecule has 0 spiro atoms. The highest BCUT2D eigenvalue weighted by Crippen LogP contribution is 2.43. The lowest BCUT2D eigenvalue weighted by Gasteiger charge is -2.19. The van der Waals surface area contributed by atoms with Gasteiger partial charge >= 0.3 is 19.8 Å². The zero-order valence-electron chi connectivity index (χ0n) is 36.3. The predicted molar refractivity (Wildman–Crippen MR) is 238 cm³/mol. The molecule has 0 aliphatic rings. The Hall–Kier alpha value is -2.29. The minimum Gasteiger partial charge on any atom is -0.462 e. The first-order valence-electron chi connectivity index (χ1n) is 22.8. The summed E-state index contributed by atoms with van der Waals surface area (Å²) < 4.78 is 32.8. The maximum Gasteiger partial charge on any atom is 0.472 e. The van der Waals surface area contributed by atoms with Gasteiger partial charge in [0.1, 0.15) is 6.61 Å². The summed E-state index contributed by atoms with van der Waals surface area (Å²) in [4.78, 5) is 34.9. The van der Waals surface area contributed by atoms with E-state index in [0.717, 1.165) is 57.8 Å². The molecule has 330 valence electrons. The van der Waals surface area contributed by atoms with Gasteiger partial charge in [0, 0.05) is 19.4 Å². The van der Waals surface area contributed by atoms with E-state index in [9.17, 15) is 19.0 Å². The van der Waals surface area contributed by atoms with E-state index < -0.39 is 32.5 Å². The molecule has 0 heterocycles. The van der Waals surface area contributed by atoms with Crippen molar-refractivity contribution in [3.8, 4) is 0 Å². The van der Waals surface area contributed by atoms with Crippen LogP contribution in [0, 0.1) is 0 Å². The van der Waals surface area contributed by atoms with Gasteiger partial charge in [-0.1, -0.05) is 164 Å². The number of hydrogen-bond acceptors (Lipinski definition) is 8. The molecule has 2 unspecified atom stereocenters. The van der Waals surface area contributed by atoms with Gasteiger partial charge in [0.15, 0.2) is 6.10 Å². The Bertz CT molecular complexity index is 1120. The van der Waals surface area contributed by atoms with Crippen molar-refractivity contribution in [1.29, 1.82) is 0 Å². The van der Waals surface area contributed by atoms with Crippen LogP contribution in [0.5, 0.6) is 0 Å². The van der Waals surface area contributed by atoms with Crippen molar-refractivity contribution >= 4 is 19.8 Å². The van der Waals surface area contributed by atoms with E-state index >= 15 is 0 Å². The number of nitrogens with two attached hydrogens (primary N) is 1. The van der Waals surface area contributed by atoms with Gasteiger partial charge < -0.3 is 20.1 Å². The molecule has 0 saturated heterocycles. The zero-order chi connectivity index (χ0) is 41.8. The molecule has 0 bridgehead atoms. The average molecular weight is 822 g/mol. The van der Waals surface area contributed by atoms with Crippen LogP contribution in [0.4, 0.5) is 0 Å². The fourth-order valence-electron chi connectivity index (χ4n) is 6.03. The molecule has 0 aliphatic carbocycles. The number of allylic oxidation sites excluding steroid dienone is 10. The van der Waals surface area contributed by atoms with Crippen LogP contribution in [0.25, 0.3) is 0 Å². The van der Waals surface area contributed by atoms with Crippen LogP contribution in [0.15, 0.2) is 60.8 Å². The summed E-state index contributed by atoms with van der Waals surface area (Å²) >= 11 is 0. The first kappa shape index (κ1) is 54.7. The molecule has 0 aromatic heterocycles. The lowest BCUT2D eigenvalue weighted by Crippen LogP contribution is -2.29. The zero-order valence-corrected chi connectivity index (χ0v) is 37.2. The third kappa shape index (κ3) is 43.1. The number of phosphoric acid groups is 1. The fraction of sp³-hybridized carbons (Fsp3) is 0.745. The van der Waals surface area contributed by atoms with Crippen molar-refractivity contribution in [1.82, 2.24) is 0 Å². The molecule has 0 aromatic carbocycles. The Morgan fingerprint density at radius 2 is 0.965 bits per heavy atom. The molecule has 3 N–H and O–H groups in total. The van der Waals surface area contributed by atoms with E-state index in [0.29, 0.717) is 6.42 Å². The molecule has 2 atom stereocenters. The minimum absolute atomic E-state index is 0.0444. The van der Waals surface area contributed by atoms with Crippen LogP contribution in [-0.4, -0.2) is 49.3 Å². The number of unbranched alkanes of at least 4 members (excludes halogenated alkanes) is 19. The number of phosphoric ester groups is 1. The number of ether oxygens (including phenoxy) is 2. The Morgan fingerprint density at radius 3 is 1.49 bits per heavy atom. The van der Waals surface area contributed by atoms with E-state index in [1.165, 1.54) is 103 Å². The van der Waals surface area contributed by atoms with Crippen molar-refractivity contribution in [2.45, 2.75) is 200 Å². The largest absolute Gasteiger partial charge is 0.472 e. The third-order valence-electron chi connectivity index (χ3n) is 9.39. The molecule has 0 saturated carbocycles. The molecule has 0 rings (SSSR count). The highest BCUT2D eigenvalue weighted by molar-refractivity contribution is 7.47. The standard InChI is InChI=1S/C47H84NO8P/c1-3-5-7-9-11-13-15-17-19-20-21-22-23-24-26-27-29-31-33-35-37-39-46(49)53-43-45(44-55-57(51,52)54-42-41-48)56-47(50)40-38-36-34-32-30-28-25-18-16-14-12-10-8-6-4-2/h6,8,12,14,17-19,25,30,32,45H,3-5,7,9-11,13,15-16,20-24,26-29,31,33-44,48H2,1-2H3,(H,51,52). The van der Waals surface area contributed by atoms with E-state index in [-0.39, 0.29) is 32.6 Å². The summed E-state index contributed by atoms with van der Waals surface area (Å²) in [7, 11) is -4.39. The number of esters is 2. The number of hydrogen-bond donors (Lipinski definition) is 2. The second-order valence-corrected chi connectivity index (χ2v) is 16.3. The summed E-state index contributed by atoms with van der Waals surface area (Å²) in [5.74, 6) is -0.879. The summed E-state index contributed by atoms with van der Waals surface area (Å²) in [6.45, 7) is 3.57. The predicted octanol–water partition coefficient (Wildman–Crippen LogP) is 13.3. The van der Waals surface area contributed by atoms with Crippen molar-refractivity contribution in [3.05, 3.63) is 60.8 Å². The van der Waals surface area contributed by atoms with Crippen LogP contribution in [-0.2, 0) is 32.7 Å². The van der Waals surface area contributed by atoms with Crippen LogP contribution < -0.4 is 5.73 Å². The Labute approximate surface area is 349 Å². The molecule has 0 aliphatic heterocycles. The maximum absolute atomic E-state index is 12.6. The normalized spacial score (nSPS) is 13.8. The summed E-state index contributed by atoms with van der Waals surface area (Å²) in [6.07, 6.45) is 51.2. The van der Waals surface area contributed by atoms with Crippen molar-refractivity contribution in [3.63, 3.8) is 0 Å². The van der Waals surface area contributed by atoms with E-state index in [1.807, 2.05) is 0 Å². The second kappa shape index (κ2) is 43.3. The summed E-state index contributed by atoms with van der Waals surface area (Å²) in [5.41, 5.74) is 5.35. The topological polar surface area (TPSA) is 134 Å². The highest BCUT2D eigenvalue weighted by Gasteiger charge is 2.26. The molecule has 10 heteroatoms. The molecular formula is C47H84NO8P. The quantitative estimate of drug-likeness (QED) is 0.0267. The van der Waals surface area contributed by atoms with Gasteiger partial charge in [-0.25, -0.2) is 4.57 Å². The van der Waals surface area contributed by atoms with Crippen molar-refractivity contribution < 1.29 is 37.6 Å². The van der Waals surface area contributed by atoms with Gasteiger partial charge in [-0.3, -0.25) is 18.6 Å². The highest BCUT2D eigenvalue weighted by atomic mass is 31.2. The van der Waals surface area contributed by atoms with Gasteiger partial charge in [-0.2, -0.15) is 0 Å². The van der Waals surface area contributed by atoms with Gasteiger partial charge in [-0.15, -0.1) is 0 Å². The third-order valence-corrected chi connectivity index (χ3v) is 10.4. The Kier molecular flexibility index (Phi) is 41.6. The molecule has 0 fully saturated rings. The Morgan fingerprint density at radius 1 is 0.544 bits per heavy atom. The van der Waals surface area contributed by atoms with E-state index in [4.69, 9.17) is 24.3 Å². The van der Waals surface area contributed by atoms with Gasteiger partial charge in [0.05, 0.1) is 13.2 Å². The molecular weight excluding hydrogens is 737 g/mol. The first-order chi connectivity index (χ1) is 27.8. The first-order valence-corrected chi connectivity index (χ1v) is 24.3. The molecule has 57 heavy (non-hydrogen) atoms. The van der Waals surface area contributed by atoms with Crippen LogP contribution in [0.3, 0.4) is 0 Å². The Balaban J connectivity index is 4.14. The summed E-state index contributed by atoms with van der Waals surface area (Å²) in [5, 5.41) is 0. The average Bonchev–Trinajstić information content (AvgIpc) is 3.20. The van der Waals surface area contributed by atoms with E-state index in [1.54, 1.807) is 0 Å². The van der Waals surface area contributed by atoms with E-state index in [2.05, 4.69) is 74.6 Å². The number of carbonyl (C=O) groups is 2. The van der Waals surface area contributed by atoms with Gasteiger partial charge in [0.25, 0.3) is 0 Å². The molecule has 9 nitrogen and oxygen atoms in total. The SMILES string of the molecule is CCC=CCC=CCC=CCC=CCCCCC(=O)OC(COC(=O)CCCCCCCCCCCCCC=CCCCCCCCC)COP(=O)(O)OCCN. The van der Waals surface area contributed by atoms with Gasteiger partial charge in [-0.05, 0) is 77.0 Å². The molecule has 0 amide bonds. The van der Waals surface area contributed by atoms with Crippen molar-refractivity contribution in [2.75, 3.05) is 26.4 Å². The van der Waals surface area contributed by atoms with Gasteiger partial charge in [0.2, 0.25) is 0 Å². The lowest BCUT2D eigenvalue weighted by atomic mass is 10.0.